The molecule has 2 rings (SSSR count). The van der Waals surface area contributed by atoms with Crippen molar-refractivity contribution in [3.05, 3.63) is 48.2 Å². The van der Waals surface area contributed by atoms with Gasteiger partial charge in [-0.05, 0) is 12.5 Å². The van der Waals surface area contributed by atoms with Crippen LogP contribution in [0.4, 0.5) is 0 Å². The lowest BCUT2D eigenvalue weighted by Gasteiger charge is -2.37. The van der Waals surface area contributed by atoms with Crippen molar-refractivity contribution in [3.8, 4) is 0 Å². The molecule has 1 fully saturated rings. The fourth-order valence-electron chi connectivity index (χ4n) is 1.69. The molecule has 62 valence electrons. The van der Waals surface area contributed by atoms with E-state index in [-0.39, 0.29) is 0 Å². The van der Waals surface area contributed by atoms with Gasteiger partial charge in [-0.25, -0.2) is 0 Å². The standard InChI is InChI=1S/C11H12O/c1-8-11(9(2)12-8)10-6-4-3-5-7-10/h3-7,9,11H,1H2,2H3/t9-,11+/m0/s1. The molecule has 1 aliphatic rings. The summed E-state index contributed by atoms with van der Waals surface area (Å²) in [5, 5.41) is 0. The van der Waals surface area contributed by atoms with Crippen molar-refractivity contribution in [2.75, 3.05) is 0 Å². The molecule has 0 spiro atoms. The zero-order valence-electron chi connectivity index (χ0n) is 7.16. The maximum absolute atomic E-state index is 5.31. The molecule has 0 bridgehead atoms. The van der Waals surface area contributed by atoms with E-state index in [0.717, 1.165) is 5.76 Å². The molecule has 0 N–H and O–H groups in total. The van der Waals surface area contributed by atoms with Crippen molar-refractivity contribution in [1.29, 1.82) is 0 Å². The second-order valence-electron chi connectivity index (χ2n) is 3.18. The van der Waals surface area contributed by atoms with Crippen LogP contribution in [0, 0.1) is 0 Å². The fourth-order valence-corrected chi connectivity index (χ4v) is 1.69. The lowest BCUT2D eigenvalue weighted by atomic mass is 9.88. The quantitative estimate of drug-likeness (QED) is 0.613. The van der Waals surface area contributed by atoms with Gasteiger partial charge in [-0.2, -0.15) is 0 Å². The number of benzene rings is 1. The van der Waals surface area contributed by atoms with Crippen LogP contribution in [0.15, 0.2) is 42.7 Å². The molecule has 0 aromatic heterocycles. The summed E-state index contributed by atoms with van der Waals surface area (Å²) < 4.78 is 5.31. The number of ether oxygens (including phenoxy) is 1. The summed E-state index contributed by atoms with van der Waals surface area (Å²) in [6.07, 6.45) is 0.292. The molecule has 1 nitrogen and oxygen atoms in total. The highest BCUT2D eigenvalue weighted by Crippen LogP contribution is 2.39. The molecule has 1 aromatic rings. The van der Waals surface area contributed by atoms with E-state index in [9.17, 15) is 0 Å². The third-order valence-electron chi connectivity index (χ3n) is 2.31. The van der Waals surface area contributed by atoms with Crippen LogP contribution < -0.4 is 0 Å². The number of hydrogen-bond acceptors (Lipinski definition) is 1. The van der Waals surface area contributed by atoms with Crippen LogP contribution in [0.5, 0.6) is 0 Å². The van der Waals surface area contributed by atoms with Crippen molar-refractivity contribution in [3.63, 3.8) is 0 Å². The Morgan fingerprint density at radius 3 is 2.42 bits per heavy atom. The Morgan fingerprint density at radius 1 is 1.25 bits per heavy atom. The zero-order valence-corrected chi connectivity index (χ0v) is 7.16. The van der Waals surface area contributed by atoms with E-state index in [4.69, 9.17) is 4.74 Å². The lowest BCUT2D eigenvalue weighted by Crippen LogP contribution is -2.32. The molecule has 0 aliphatic carbocycles. The Labute approximate surface area is 72.7 Å². The minimum absolute atomic E-state index is 0.292. The average Bonchev–Trinajstić information content (AvgIpc) is 2.05. The Hall–Kier alpha value is -1.24. The van der Waals surface area contributed by atoms with Gasteiger partial charge in [0.1, 0.15) is 11.9 Å². The van der Waals surface area contributed by atoms with Crippen molar-refractivity contribution in [2.45, 2.75) is 18.9 Å². The lowest BCUT2D eigenvalue weighted by molar-refractivity contribution is 0.00937. The summed E-state index contributed by atoms with van der Waals surface area (Å²) >= 11 is 0. The molecule has 1 aliphatic heterocycles. The smallest absolute Gasteiger partial charge is 0.109 e. The number of rotatable bonds is 1. The average molecular weight is 160 g/mol. The highest BCUT2D eigenvalue weighted by molar-refractivity contribution is 5.30. The van der Waals surface area contributed by atoms with Gasteiger partial charge in [0, 0.05) is 0 Å². The van der Waals surface area contributed by atoms with Gasteiger partial charge in [0.15, 0.2) is 0 Å². The first-order valence-corrected chi connectivity index (χ1v) is 4.19. The van der Waals surface area contributed by atoms with Crippen LogP contribution >= 0.6 is 0 Å². The SMILES string of the molecule is C=C1O[C@@H](C)[C@@H]1c1ccccc1. The molecule has 1 saturated heterocycles. The summed E-state index contributed by atoms with van der Waals surface area (Å²) in [6, 6.07) is 10.4. The maximum atomic E-state index is 5.31. The highest BCUT2D eigenvalue weighted by Gasteiger charge is 2.34. The minimum atomic E-state index is 0.292. The van der Waals surface area contributed by atoms with Gasteiger partial charge in [0.25, 0.3) is 0 Å². The van der Waals surface area contributed by atoms with Crippen LogP contribution in [0.2, 0.25) is 0 Å². The summed E-state index contributed by atoms with van der Waals surface area (Å²) in [5.41, 5.74) is 1.31. The molecule has 0 amide bonds. The molecule has 1 aromatic carbocycles. The Kier molecular flexibility index (Phi) is 1.65. The third-order valence-corrected chi connectivity index (χ3v) is 2.31. The Morgan fingerprint density at radius 2 is 1.92 bits per heavy atom. The molecular formula is C11H12O. The molecule has 0 unspecified atom stereocenters. The van der Waals surface area contributed by atoms with E-state index >= 15 is 0 Å². The zero-order chi connectivity index (χ0) is 8.55. The van der Waals surface area contributed by atoms with E-state index < -0.39 is 0 Å². The first kappa shape index (κ1) is 7.41. The van der Waals surface area contributed by atoms with E-state index in [2.05, 4.69) is 25.6 Å². The maximum Gasteiger partial charge on any atom is 0.109 e. The molecule has 0 radical (unpaired) electrons. The van der Waals surface area contributed by atoms with Gasteiger partial charge >= 0.3 is 0 Å². The second-order valence-corrected chi connectivity index (χ2v) is 3.18. The number of hydrogen-bond donors (Lipinski definition) is 0. The first-order chi connectivity index (χ1) is 5.79. The first-order valence-electron chi connectivity index (χ1n) is 4.19. The monoisotopic (exact) mass is 160 g/mol. The van der Waals surface area contributed by atoms with Crippen LogP contribution in [-0.2, 0) is 4.74 Å². The third kappa shape index (κ3) is 1.02. The normalized spacial score (nSPS) is 27.6. The van der Waals surface area contributed by atoms with Gasteiger partial charge in [-0.1, -0.05) is 36.9 Å². The largest absolute Gasteiger partial charge is 0.494 e. The van der Waals surface area contributed by atoms with E-state index in [1.54, 1.807) is 0 Å². The minimum Gasteiger partial charge on any atom is -0.494 e. The van der Waals surface area contributed by atoms with Crippen LogP contribution in [0.1, 0.15) is 18.4 Å². The molecule has 1 heteroatoms. The van der Waals surface area contributed by atoms with Gasteiger partial charge in [-0.15, -0.1) is 0 Å². The van der Waals surface area contributed by atoms with Gasteiger partial charge in [0.05, 0.1) is 5.92 Å². The summed E-state index contributed by atoms with van der Waals surface area (Å²) in [5.74, 6) is 1.31. The topological polar surface area (TPSA) is 9.23 Å². The molecular weight excluding hydrogens is 148 g/mol. The van der Waals surface area contributed by atoms with Gasteiger partial charge in [-0.3, -0.25) is 0 Å². The molecule has 1 heterocycles. The van der Waals surface area contributed by atoms with Gasteiger partial charge in [0.2, 0.25) is 0 Å². The molecule has 0 saturated carbocycles. The highest BCUT2D eigenvalue weighted by atomic mass is 16.5. The van der Waals surface area contributed by atoms with E-state index in [1.807, 2.05) is 18.2 Å². The summed E-state index contributed by atoms with van der Waals surface area (Å²) in [4.78, 5) is 0. The predicted octanol–water partition coefficient (Wildman–Crippen LogP) is 2.70. The molecule has 2 atom stereocenters. The Bertz CT molecular complexity index is 289. The summed E-state index contributed by atoms with van der Waals surface area (Å²) in [7, 11) is 0. The van der Waals surface area contributed by atoms with Crippen LogP contribution in [-0.4, -0.2) is 6.10 Å². The van der Waals surface area contributed by atoms with Crippen molar-refractivity contribution in [1.82, 2.24) is 0 Å². The van der Waals surface area contributed by atoms with Crippen LogP contribution in [0.25, 0.3) is 0 Å². The van der Waals surface area contributed by atoms with Crippen LogP contribution in [0.3, 0.4) is 0 Å². The van der Waals surface area contributed by atoms with Crippen molar-refractivity contribution >= 4 is 0 Å². The Balaban J connectivity index is 2.26. The van der Waals surface area contributed by atoms with E-state index in [1.165, 1.54) is 5.56 Å². The van der Waals surface area contributed by atoms with E-state index in [0.29, 0.717) is 12.0 Å². The van der Waals surface area contributed by atoms with Crippen molar-refractivity contribution < 1.29 is 4.74 Å². The summed E-state index contributed by atoms with van der Waals surface area (Å²) in [6.45, 7) is 5.92. The molecule has 12 heavy (non-hydrogen) atoms. The second kappa shape index (κ2) is 2.67. The fraction of sp³-hybridized carbons (Fsp3) is 0.273. The van der Waals surface area contributed by atoms with Crippen molar-refractivity contribution in [2.24, 2.45) is 0 Å². The van der Waals surface area contributed by atoms with Gasteiger partial charge < -0.3 is 4.74 Å². The predicted molar refractivity (Wildman–Crippen MR) is 48.9 cm³/mol.